The lowest BCUT2D eigenvalue weighted by Gasteiger charge is -2.30. The molecule has 2 aromatic rings. The van der Waals surface area contributed by atoms with Crippen molar-refractivity contribution in [3.05, 3.63) is 70.7 Å². The van der Waals surface area contributed by atoms with Gasteiger partial charge in [0.25, 0.3) is 0 Å². The van der Waals surface area contributed by atoms with Gasteiger partial charge in [-0.3, -0.25) is 9.59 Å². The molecule has 2 amide bonds. The molecule has 0 unspecified atom stereocenters. The molecule has 0 radical (unpaired) electrons. The third-order valence-corrected chi connectivity index (χ3v) is 6.31. The summed E-state index contributed by atoms with van der Waals surface area (Å²) in [5.74, 6) is 0.649. The highest BCUT2D eigenvalue weighted by molar-refractivity contribution is 6.31. The second-order valence-electron chi connectivity index (χ2n) is 7.79. The van der Waals surface area contributed by atoms with Crippen molar-refractivity contribution < 1.29 is 9.59 Å². The Morgan fingerprint density at radius 1 is 1.04 bits per heavy atom. The molecular weight excluding hydrogens is 372 g/mol. The summed E-state index contributed by atoms with van der Waals surface area (Å²) in [7, 11) is 0. The largest absolute Gasteiger partial charge is 0.340 e. The van der Waals surface area contributed by atoms with Gasteiger partial charge in [-0.15, -0.1) is 0 Å². The Labute approximate surface area is 171 Å². The van der Waals surface area contributed by atoms with Gasteiger partial charge in [0.2, 0.25) is 11.8 Å². The zero-order valence-corrected chi connectivity index (χ0v) is 16.6. The van der Waals surface area contributed by atoms with Gasteiger partial charge < -0.3 is 9.80 Å². The lowest BCUT2D eigenvalue weighted by atomic mass is 9.98. The highest BCUT2D eigenvalue weighted by atomic mass is 35.5. The fourth-order valence-electron chi connectivity index (χ4n) is 4.44. The molecule has 28 heavy (non-hydrogen) atoms. The molecule has 2 saturated heterocycles. The molecule has 2 aliphatic heterocycles. The van der Waals surface area contributed by atoms with E-state index in [4.69, 9.17) is 11.6 Å². The predicted molar refractivity (Wildman–Crippen MR) is 110 cm³/mol. The molecule has 4 nitrogen and oxygen atoms in total. The van der Waals surface area contributed by atoms with Crippen molar-refractivity contribution >= 4 is 23.4 Å². The van der Waals surface area contributed by atoms with Crippen molar-refractivity contribution in [3.8, 4) is 0 Å². The molecule has 146 valence electrons. The predicted octanol–water partition coefficient (Wildman–Crippen LogP) is 3.92. The van der Waals surface area contributed by atoms with Crippen molar-refractivity contribution in [1.82, 2.24) is 9.80 Å². The van der Waals surface area contributed by atoms with E-state index in [0.29, 0.717) is 36.9 Å². The van der Waals surface area contributed by atoms with Crippen LogP contribution in [-0.4, -0.2) is 40.7 Å². The molecule has 4 rings (SSSR count). The maximum Gasteiger partial charge on any atom is 0.227 e. The number of benzene rings is 2. The van der Waals surface area contributed by atoms with Gasteiger partial charge in [0.05, 0.1) is 12.5 Å². The third-order valence-electron chi connectivity index (χ3n) is 5.94. The fourth-order valence-corrected chi connectivity index (χ4v) is 4.64. The van der Waals surface area contributed by atoms with Crippen molar-refractivity contribution in [1.29, 1.82) is 0 Å². The normalized spacial score (nSPS) is 22.1. The van der Waals surface area contributed by atoms with E-state index in [1.54, 1.807) is 0 Å². The van der Waals surface area contributed by atoms with Crippen LogP contribution in [0.15, 0.2) is 54.6 Å². The number of nitrogens with zero attached hydrogens (tertiary/aromatic N) is 2. The minimum Gasteiger partial charge on any atom is -0.340 e. The number of halogens is 1. The molecule has 2 heterocycles. The maximum atomic E-state index is 12.9. The summed E-state index contributed by atoms with van der Waals surface area (Å²) in [6.07, 6.45) is 2.81. The van der Waals surface area contributed by atoms with Crippen LogP contribution in [0.25, 0.3) is 0 Å². The minimum absolute atomic E-state index is 0.0910. The standard InChI is InChI=1S/C23H25ClN2O2/c24-20-11-5-4-9-18(20)13-23(28)25-15-19-10-6-12-22(27)26(21(19)16-25)14-17-7-2-1-3-8-17/h1-5,7-9,11,19,21H,6,10,12-16H2/t19-,21+/m1/s1. The van der Waals surface area contributed by atoms with Crippen LogP contribution in [0.3, 0.4) is 0 Å². The van der Waals surface area contributed by atoms with Gasteiger partial charge in [-0.1, -0.05) is 60.1 Å². The Kier molecular flexibility index (Phi) is 5.67. The Balaban J connectivity index is 1.49. The van der Waals surface area contributed by atoms with Crippen LogP contribution in [-0.2, 0) is 22.6 Å². The monoisotopic (exact) mass is 396 g/mol. The molecule has 0 aromatic heterocycles. The van der Waals surface area contributed by atoms with Crippen LogP contribution in [0.1, 0.15) is 30.4 Å². The summed E-state index contributed by atoms with van der Waals surface area (Å²) >= 11 is 6.23. The van der Waals surface area contributed by atoms with E-state index < -0.39 is 0 Å². The third kappa shape index (κ3) is 4.07. The minimum atomic E-state index is 0.0910. The Morgan fingerprint density at radius 2 is 1.79 bits per heavy atom. The van der Waals surface area contributed by atoms with Gasteiger partial charge in [0.15, 0.2) is 0 Å². The zero-order chi connectivity index (χ0) is 19.5. The summed E-state index contributed by atoms with van der Waals surface area (Å²) in [5, 5.41) is 0.630. The number of amides is 2. The molecule has 2 aliphatic rings. The Morgan fingerprint density at radius 3 is 2.57 bits per heavy atom. The first-order valence-corrected chi connectivity index (χ1v) is 10.3. The highest BCUT2D eigenvalue weighted by Crippen LogP contribution is 2.32. The summed E-state index contributed by atoms with van der Waals surface area (Å²) in [5.41, 5.74) is 2.00. The Bertz CT molecular complexity index is 855. The number of likely N-dealkylation sites (tertiary alicyclic amines) is 2. The summed E-state index contributed by atoms with van der Waals surface area (Å²) in [6.45, 7) is 1.96. The molecule has 2 fully saturated rings. The van der Waals surface area contributed by atoms with Gasteiger partial charge in [0, 0.05) is 31.1 Å². The van der Waals surface area contributed by atoms with Crippen molar-refractivity contribution in [2.45, 2.75) is 38.3 Å². The van der Waals surface area contributed by atoms with E-state index in [0.717, 1.165) is 30.5 Å². The molecule has 0 bridgehead atoms. The lowest BCUT2D eigenvalue weighted by molar-refractivity contribution is -0.135. The van der Waals surface area contributed by atoms with E-state index in [9.17, 15) is 9.59 Å². The average molecular weight is 397 g/mol. The van der Waals surface area contributed by atoms with Gasteiger partial charge in [-0.25, -0.2) is 0 Å². The molecule has 0 spiro atoms. The van der Waals surface area contributed by atoms with Crippen LogP contribution >= 0.6 is 11.6 Å². The van der Waals surface area contributed by atoms with E-state index in [2.05, 4.69) is 12.1 Å². The molecule has 0 aliphatic carbocycles. The van der Waals surface area contributed by atoms with Crippen LogP contribution in [0.2, 0.25) is 5.02 Å². The quantitative estimate of drug-likeness (QED) is 0.785. The lowest BCUT2D eigenvalue weighted by Crippen LogP contribution is -2.43. The first-order chi connectivity index (χ1) is 13.6. The van der Waals surface area contributed by atoms with E-state index in [1.165, 1.54) is 0 Å². The van der Waals surface area contributed by atoms with Crippen LogP contribution in [0.4, 0.5) is 0 Å². The van der Waals surface area contributed by atoms with Crippen molar-refractivity contribution in [2.24, 2.45) is 5.92 Å². The summed E-state index contributed by atoms with van der Waals surface area (Å²) in [6, 6.07) is 17.7. The topological polar surface area (TPSA) is 40.6 Å². The zero-order valence-electron chi connectivity index (χ0n) is 15.9. The number of carbonyl (C=O) groups excluding carboxylic acids is 2. The smallest absolute Gasteiger partial charge is 0.227 e. The molecule has 0 saturated carbocycles. The summed E-state index contributed by atoms with van der Waals surface area (Å²) < 4.78 is 0. The maximum absolute atomic E-state index is 12.9. The first-order valence-electron chi connectivity index (χ1n) is 9.96. The number of hydrogen-bond acceptors (Lipinski definition) is 2. The SMILES string of the molecule is O=C(Cc1ccccc1Cl)N1C[C@H]2CCCC(=O)N(Cc3ccccc3)[C@H]2C1. The van der Waals surface area contributed by atoms with Gasteiger partial charge >= 0.3 is 0 Å². The summed E-state index contributed by atoms with van der Waals surface area (Å²) in [4.78, 5) is 29.6. The molecular formula is C23H25ClN2O2. The van der Waals surface area contributed by atoms with E-state index in [-0.39, 0.29) is 17.9 Å². The fraction of sp³-hybridized carbons (Fsp3) is 0.391. The first kappa shape index (κ1) is 19.0. The number of carbonyl (C=O) groups is 2. The van der Waals surface area contributed by atoms with Crippen LogP contribution in [0.5, 0.6) is 0 Å². The number of rotatable bonds is 4. The molecule has 0 N–H and O–H groups in total. The van der Waals surface area contributed by atoms with Crippen LogP contribution in [0, 0.1) is 5.92 Å². The van der Waals surface area contributed by atoms with Crippen LogP contribution < -0.4 is 0 Å². The molecule has 2 atom stereocenters. The van der Waals surface area contributed by atoms with Gasteiger partial charge in [-0.05, 0) is 36.0 Å². The second kappa shape index (κ2) is 8.36. The van der Waals surface area contributed by atoms with Crippen molar-refractivity contribution in [3.63, 3.8) is 0 Å². The molecule has 5 heteroatoms. The van der Waals surface area contributed by atoms with Crippen molar-refractivity contribution in [2.75, 3.05) is 13.1 Å². The highest BCUT2D eigenvalue weighted by Gasteiger charge is 2.41. The molecule has 2 aromatic carbocycles. The van der Waals surface area contributed by atoms with E-state index in [1.807, 2.05) is 52.3 Å². The Hall–Kier alpha value is -2.33. The van der Waals surface area contributed by atoms with Gasteiger partial charge in [-0.2, -0.15) is 0 Å². The van der Waals surface area contributed by atoms with Gasteiger partial charge in [0.1, 0.15) is 0 Å². The second-order valence-corrected chi connectivity index (χ2v) is 8.20. The number of fused-ring (bicyclic) bond motifs is 1. The number of hydrogen-bond donors (Lipinski definition) is 0. The average Bonchev–Trinajstić information content (AvgIpc) is 3.07. The van der Waals surface area contributed by atoms with E-state index >= 15 is 0 Å².